The second kappa shape index (κ2) is 6.51. The van der Waals surface area contributed by atoms with Gasteiger partial charge in [0.2, 0.25) is 5.91 Å². The molecule has 2 rings (SSSR count). The molecule has 0 radical (unpaired) electrons. The molecular weight excluding hydrogens is 258 g/mol. The molecule has 1 aromatic heterocycles. The van der Waals surface area contributed by atoms with Gasteiger partial charge in [-0.2, -0.15) is 5.10 Å². The van der Waals surface area contributed by atoms with Crippen LogP contribution in [-0.2, 0) is 11.3 Å². The lowest BCUT2D eigenvalue weighted by Crippen LogP contribution is -2.39. The SMILES string of the molecule is CN(C)c1cnn(CC(=O)N2CCCNCC2)c(=O)c1. The van der Waals surface area contributed by atoms with Crippen LogP contribution < -0.4 is 15.8 Å². The first-order valence-corrected chi connectivity index (χ1v) is 6.81. The van der Waals surface area contributed by atoms with E-state index in [-0.39, 0.29) is 18.0 Å². The standard InChI is InChI=1S/C13H21N5O2/c1-16(2)11-8-12(19)18(15-9-11)10-13(20)17-6-3-4-14-5-7-17/h8-9,14H,3-7,10H2,1-2H3. The van der Waals surface area contributed by atoms with Gasteiger partial charge in [0.25, 0.3) is 5.56 Å². The molecule has 1 fully saturated rings. The van der Waals surface area contributed by atoms with E-state index in [4.69, 9.17) is 0 Å². The molecule has 0 unspecified atom stereocenters. The van der Waals surface area contributed by atoms with E-state index in [2.05, 4.69) is 10.4 Å². The molecular formula is C13H21N5O2. The fraction of sp³-hybridized carbons (Fsp3) is 0.615. The summed E-state index contributed by atoms with van der Waals surface area (Å²) in [4.78, 5) is 27.7. The smallest absolute Gasteiger partial charge is 0.269 e. The van der Waals surface area contributed by atoms with E-state index in [1.165, 1.54) is 10.7 Å². The highest BCUT2D eigenvalue weighted by molar-refractivity contribution is 5.75. The molecule has 20 heavy (non-hydrogen) atoms. The third kappa shape index (κ3) is 3.57. The Bertz CT molecular complexity index is 518. The van der Waals surface area contributed by atoms with Crippen LogP contribution >= 0.6 is 0 Å². The van der Waals surface area contributed by atoms with Gasteiger partial charge in [-0.1, -0.05) is 0 Å². The maximum atomic E-state index is 12.2. The normalized spacial score (nSPS) is 15.8. The van der Waals surface area contributed by atoms with Crippen LogP contribution in [0, 0.1) is 0 Å². The van der Waals surface area contributed by atoms with Gasteiger partial charge >= 0.3 is 0 Å². The van der Waals surface area contributed by atoms with Gasteiger partial charge in [0.15, 0.2) is 0 Å². The predicted molar refractivity (Wildman–Crippen MR) is 76.9 cm³/mol. The lowest BCUT2D eigenvalue weighted by Gasteiger charge is -2.20. The van der Waals surface area contributed by atoms with Crippen LogP contribution in [0.2, 0.25) is 0 Å². The Morgan fingerprint density at radius 1 is 1.40 bits per heavy atom. The molecule has 1 N–H and O–H groups in total. The topological polar surface area (TPSA) is 70.5 Å². The summed E-state index contributed by atoms with van der Waals surface area (Å²) < 4.78 is 1.22. The first-order valence-electron chi connectivity index (χ1n) is 6.81. The number of aromatic nitrogens is 2. The fourth-order valence-corrected chi connectivity index (χ4v) is 2.11. The minimum absolute atomic E-state index is 0.00649. The lowest BCUT2D eigenvalue weighted by molar-refractivity contribution is -0.131. The lowest BCUT2D eigenvalue weighted by atomic mass is 10.3. The van der Waals surface area contributed by atoms with E-state index in [9.17, 15) is 9.59 Å². The van der Waals surface area contributed by atoms with Gasteiger partial charge in [0.1, 0.15) is 6.54 Å². The molecule has 110 valence electrons. The average Bonchev–Trinajstić information content (AvgIpc) is 2.69. The molecule has 1 aliphatic heterocycles. The summed E-state index contributed by atoms with van der Waals surface area (Å²) >= 11 is 0. The van der Waals surface area contributed by atoms with Crippen molar-refractivity contribution in [2.45, 2.75) is 13.0 Å². The number of anilines is 1. The number of rotatable bonds is 3. The van der Waals surface area contributed by atoms with Crippen molar-refractivity contribution in [1.82, 2.24) is 20.0 Å². The number of amides is 1. The Kier molecular flexibility index (Phi) is 4.73. The van der Waals surface area contributed by atoms with E-state index < -0.39 is 0 Å². The van der Waals surface area contributed by atoms with E-state index in [0.717, 1.165) is 31.7 Å². The van der Waals surface area contributed by atoms with Gasteiger partial charge in [-0.15, -0.1) is 0 Å². The van der Waals surface area contributed by atoms with E-state index in [0.29, 0.717) is 6.54 Å². The van der Waals surface area contributed by atoms with Crippen molar-refractivity contribution in [3.63, 3.8) is 0 Å². The van der Waals surface area contributed by atoms with Crippen molar-refractivity contribution in [2.75, 3.05) is 45.2 Å². The maximum Gasteiger partial charge on any atom is 0.269 e. The van der Waals surface area contributed by atoms with Crippen molar-refractivity contribution in [1.29, 1.82) is 0 Å². The third-order valence-electron chi connectivity index (χ3n) is 3.35. The summed E-state index contributed by atoms with van der Waals surface area (Å²) in [5, 5.41) is 7.30. The van der Waals surface area contributed by atoms with E-state index in [1.54, 1.807) is 16.0 Å². The van der Waals surface area contributed by atoms with Crippen molar-refractivity contribution in [3.05, 3.63) is 22.6 Å². The van der Waals surface area contributed by atoms with Crippen LogP contribution in [0.3, 0.4) is 0 Å². The number of carbonyl (C=O) groups excluding carboxylic acids is 1. The largest absolute Gasteiger partial charge is 0.376 e. The number of nitrogens with one attached hydrogen (secondary N) is 1. The number of hydrogen-bond acceptors (Lipinski definition) is 5. The Hall–Kier alpha value is -1.89. The van der Waals surface area contributed by atoms with Crippen LogP contribution in [0.5, 0.6) is 0 Å². The zero-order chi connectivity index (χ0) is 14.5. The van der Waals surface area contributed by atoms with Gasteiger partial charge in [0.05, 0.1) is 11.9 Å². The summed E-state index contributed by atoms with van der Waals surface area (Å²) in [5.41, 5.74) is 0.482. The van der Waals surface area contributed by atoms with Crippen LogP contribution in [0.25, 0.3) is 0 Å². The van der Waals surface area contributed by atoms with Gasteiger partial charge < -0.3 is 15.1 Å². The monoisotopic (exact) mass is 279 g/mol. The van der Waals surface area contributed by atoms with Crippen LogP contribution in [-0.4, -0.2) is 60.9 Å². The molecule has 0 aliphatic carbocycles. The van der Waals surface area contributed by atoms with Crippen LogP contribution in [0.4, 0.5) is 5.69 Å². The first-order chi connectivity index (χ1) is 9.58. The average molecular weight is 279 g/mol. The van der Waals surface area contributed by atoms with Gasteiger partial charge in [0, 0.05) is 39.8 Å². The van der Waals surface area contributed by atoms with Crippen molar-refractivity contribution in [3.8, 4) is 0 Å². The number of carbonyl (C=O) groups is 1. The summed E-state index contributed by atoms with van der Waals surface area (Å²) in [6.07, 6.45) is 2.53. The Labute approximate surface area is 118 Å². The quantitative estimate of drug-likeness (QED) is 0.779. The summed E-state index contributed by atoms with van der Waals surface area (Å²) in [5.74, 6) is -0.0547. The molecule has 7 heteroatoms. The van der Waals surface area contributed by atoms with Crippen molar-refractivity contribution < 1.29 is 4.79 Å². The van der Waals surface area contributed by atoms with Gasteiger partial charge in [-0.25, -0.2) is 4.68 Å². The molecule has 0 spiro atoms. The summed E-state index contributed by atoms with van der Waals surface area (Å²) in [6.45, 7) is 3.15. The second-order valence-corrected chi connectivity index (χ2v) is 5.09. The van der Waals surface area contributed by atoms with Gasteiger partial charge in [-0.3, -0.25) is 9.59 Å². The highest BCUT2D eigenvalue weighted by Gasteiger charge is 2.16. The minimum atomic E-state index is -0.252. The zero-order valence-corrected chi connectivity index (χ0v) is 12.0. The number of hydrogen-bond donors (Lipinski definition) is 1. The molecule has 7 nitrogen and oxygen atoms in total. The van der Waals surface area contributed by atoms with E-state index in [1.807, 2.05) is 14.1 Å². The molecule has 0 bridgehead atoms. The third-order valence-corrected chi connectivity index (χ3v) is 3.35. The zero-order valence-electron chi connectivity index (χ0n) is 12.0. The van der Waals surface area contributed by atoms with Gasteiger partial charge in [-0.05, 0) is 13.0 Å². The fourth-order valence-electron chi connectivity index (χ4n) is 2.11. The Morgan fingerprint density at radius 2 is 2.20 bits per heavy atom. The molecule has 0 atom stereocenters. The summed E-state index contributed by atoms with van der Waals surface area (Å²) in [7, 11) is 3.69. The predicted octanol–water partition coefficient (Wildman–Crippen LogP) is -0.869. The molecule has 2 heterocycles. The Morgan fingerprint density at radius 3 is 2.90 bits per heavy atom. The van der Waals surface area contributed by atoms with Crippen LogP contribution in [0.1, 0.15) is 6.42 Å². The molecule has 0 aromatic carbocycles. The molecule has 1 aliphatic rings. The maximum absolute atomic E-state index is 12.2. The highest BCUT2D eigenvalue weighted by atomic mass is 16.2. The van der Waals surface area contributed by atoms with Crippen LogP contribution in [0.15, 0.2) is 17.1 Å². The van der Waals surface area contributed by atoms with E-state index >= 15 is 0 Å². The molecule has 1 aromatic rings. The molecule has 1 saturated heterocycles. The minimum Gasteiger partial charge on any atom is -0.376 e. The summed E-state index contributed by atoms with van der Waals surface area (Å²) in [6, 6.07) is 1.49. The highest BCUT2D eigenvalue weighted by Crippen LogP contribution is 2.04. The van der Waals surface area contributed by atoms with Crippen molar-refractivity contribution in [2.24, 2.45) is 0 Å². The number of nitrogens with zero attached hydrogens (tertiary/aromatic N) is 4. The molecule has 1 amide bonds. The van der Waals surface area contributed by atoms with Crippen molar-refractivity contribution >= 4 is 11.6 Å². The Balaban J connectivity index is 2.05. The molecule has 0 saturated carbocycles. The first kappa shape index (κ1) is 14.5. The second-order valence-electron chi connectivity index (χ2n) is 5.09.